The first-order chi connectivity index (χ1) is 10.3. The van der Waals surface area contributed by atoms with E-state index in [1.54, 1.807) is 0 Å². The molecule has 1 aliphatic rings. The summed E-state index contributed by atoms with van der Waals surface area (Å²) in [6, 6.07) is 5.88. The molecule has 0 unspecified atom stereocenters. The third kappa shape index (κ3) is 2.79. The van der Waals surface area contributed by atoms with Gasteiger partial charge in [-0.05, 0) is 24.5 Å². The number of hydrogen-bond acceptors (Lipinski definition) is 6. The molecule has 0 bridgehead atoms. The Kier molecular flexibility index (Phi) is 3.68. The van der Waals surface area contributed by atoms with Gasteiger partial charge >= 0.3 is 5.97 Å². The molecular formula is C15H15N3O3. The summed E-state index contributed by atoms with van der Waals surface area (Å²) in [5.74, 6) is 0.406. The van der Waals surface area contributed by atoms with Gasteiger partial charge in [-0.1, -0.05) is 12.1 Å². The number of aromatic nitrogens is 2. The second-order valence-electron chi connectivity index (χ2n) is 4.66. The van der Waals surface area contributed by atoms with Crippen molar-refractivity contribution in [3.8, 4) is 11.6 Å². The van der Waals surface area contributed by atoms with Crippen LogP contribution in [0.3, 0.4) is 0 Å². The highest BCUT2D eigenvalue weighted by Gasteiger charge is 2.15. The molecule has 0 saturated heterocycles. The van der Waals surface area contributed by atoms with Crippen LogP contribution < -0.4 is 10.1 Å². The van der Waals surface area contributed by atoms with Crippen LogP contribution in [-0.4, -0.2) is 29.6 Å². The van der Waals surface area contributed by atoms with Crippen LogP contribution in [0.4, 0.5) is 5.69 Å². The Morgan fingerprint density at radius 3 is 3.10 bits per heavy atom. The standard InChI is InChI=1S/C15H15N3O3/c1-20-15(19)11-8-16-9-13(18-11)21-12-6-2-4-10-5-3-7-17-14(10)12/h2,4,6,8-9,17H,3,5,7H2,1H3. The molecule has 0 atom stereocenters. The third-order valence-corrected chi connectivity index (χ3v) is 3.26. The smallest absolute Gasteiger partial charge is 0.358 e. The van der Waals surface area contributed by atoms with E-state index < -0.39 is 5.97 Å². The van der Waals surface area contributed by atoms with Crippen molar-refractivity contribution >= 4 is 11.7 Å². The molecule has 21 heavy (non-hydrogen) atoms. The minimum atomic E-state index is -0.541. The molecule has 2 aromatic rings. The van der Waals surface area contributed by atoms with Gasteiger partial charge in [-0.25, -0.2) is 9.78 Å². The summed E-state index contributed by atoms with van der Waals surface area (Å²) >= 11 is 0. The SMILES string of the molecule is COC(=O)c1cncc(Oc2cccc3c2NCCC3)n1. The molecule has 2 heterocycles. The van der Waals surface area contributed by atoms with Gasteiger partial charge in [-0.3, -0.25) is 4.98 Å². The number of fused-ring (bicyclic) bond motifs is 1. The fourth-order valence-corrected chi connectivity index (χ4v) is 2.28. The topological polar surface area (TPSA) is 73.3 Å². The zero-order valence-electron chi connectivity index (χ0n) is 11.6. The van der Waals surface area contributed by atoms with Crippen molar-refractivity contribution in [2.24, 2.45) is 0 Å². The Balaban J connectivity index is 1.89. The molecule has 0 amide bonds. The molecule has 1 aliphatic heterocycles. The van der Waals surface area contributed by atoms with Gasteiger partial charge in [0.2, 0.25) is 5.88 Å². The average molecular weight is 285 g/mol. The number of anilines is 1. The van der Waals surface area contributed by atoms with Crippen molar-refractivity contribution in [3.63, 3.8) is 0 Å². The Morgan fingerprint density at radius 2 is 2.24 bits per heavy atom. The van der Waals surface area contributed by atoms with Gasteiger partial charge in [0, 0.05) is 6.54 Å². The molecular weight excluding hydrogens is 270 g/mol. The molecule has 108 valence electrons. The fourth-order valence-electron chi connectivity index (χ4n) is 2.28. The van der Waals surface area contributed by atoms with E-state index in [2.05, 4.69) is 26.1 Å². The zero-order valence-corrected chi connectivity index (χ0v) is 11.6. The largest absolute Gasteiger partial charge is 0.464 e. The molecule has 1 aromatic carbocycles. The summed E-state index contributed by atoms with van der Waals surface area (Å²) in [7, 11) is 1.30. The van der Waals surface area contributed by atoms with Gasteiger partial charge in [0.1, 0.15) is 0 Å². The molecule has 6 heteroatoms. The lowest BCUT2D eigenvalue weighted by Gasteiger charge is -2.20. The Morgan fingerprint density at radius 1 is 1.33 bits per heavy atom. The van der Waals surface area contributed by atoms with Crippen molar-refractivity contribution in [1.82, 2.24) is 9.97 Å². The van der Waals surface area contributed by atoms with Crippen LogP contribution in [0.2, 0.25) is 0 Å². The molecule has 1 N–H and O–H groups in total. The minimum Gasteiger partial charge on any atom is -0.464 e. The van der Waals surface area contributed by atoms with Gasteiger partial charge in [-0.2, -0.15) is 0 Å². The highest BCUT2D eigenvalue weighted by Crippen LogP contribution is 2.34. The van der Waals surface area contributed by atoms with Crippen LogP contribution in [-0.2, 0) is 11.2 Å². The molecule has 0 spiro atoms. The lowest BCUT2D eigenvalue weighted by Crippen LogP contribution is -2.12. The lowest BCUT2D eigenvalue weighted by molar-refractivity contribution is 0.0592. The summed E-state index contributed by atoms with van der Waals surface area (Å²) in [4.78, 5) is 19.5. The van der Waals surface area contributed by atoms with Gasteiger partial charge in [0.05, 0.1) is 25.2 Å². The van der Waals surface area contributed by atoms with E-state index >= 15 is 0 Å². The summed E-state index contributed by atoms with van der Waals surface area (Å²) in [5.41, 5.74) is 2.32. The second kappa shape index (κ2) is 5.78. The summed E-state index contributed by atoms with van der Waals surface area (Å²) in [6.45, 7) is 0.918. The fraction of sp³-hybridized carbons (Fsp3) is 0.267. The average Bonchev–Trinajstić information content (AvgIpc) is 2.55. The molecule has 3 rings (SSSR count). The maximum Gasteiger partial charge on any atom is 0.358 e. The van der Waals surface area contributed by atoms with Gasteiger partial charge < -0.3 is 14.8 Å². The zero-order chi connectivity index (χ0) is 14.7. The van der Waals surface area contributed by atoms with E-state index in [-0.39, 0.29) is 11.6 Å². The number of esters is 1. The number of carbonyl (C=O) groups excluding carboxylic acids is 1. The Bertz CT molecular complexity index is 673. The number of rotatable bonds is 3. The van der Waals surface area contributed by atoms with Crippen molar-refractivity contribution in [3.05, 3.63) is 41.9 Å². The van der Waals surface area contributed by atoms with Gasteiger partial charge in [0.15, 0.2) is 11.4 Å². The van der Waals surface area contributed by atoms with Crippen LogP contribution in [0.15, 0.2) is 30.6 Å². The number of aryl methyl sites for hydroxylation is 1. The maximum atomic E-state index is 11.5. The quantitative estimate of drug-likeness (QED) is 0.873. The van der Waals surface area contributed by atoms with Crippen molar-refractivity contribution in [1.29, 1.82) is 0 Å². The van der Waals surface area contributed by atoms with Gasteiger partial charge in [0.25, 0.3) is 0 Å². The van der Waals surface area contributed by atoms with Crippen molar-refractivity contribution < 1.29 is 14.3 Å². The molecule has 1 aromatic heterocycles. The maximum absolute atomic E-state index is 11.5. The first kappa shape index (κ1) is 13.4. The molecule has 0 radical (unpaired) electrons. The highest BCUT2D eigenvalue weighted by atomic mass is 16.5. The predicted octanol–water partition coefficient (Wildman–Crippen LogP) is 2.41. The third-order valence-electron chi connectivity index (χ3n) is 3.26. The summed E-state index contributed by atoms with van der Waals surface area (Å²) in [6.07, 6.45) is 4.94. The first-order valence-electron chi connectivity index (χ1n) is 6.72. The second-order valence-corrected chi connectivity index (χ2v) is 4.66. The minimum absolute atomic E-state index is 0.118. The van der Waals surface area contributed by atoms with E-state index in [4.69, 9.17) is 4.74 Å². The molecule has 0 fully saturated rings. The highest BCUT2D eigenvalue weighted by molar-refractivity contribution is 5.86. The lowest BCUT2D eigenvalue weighted by atomic mass is 10.0. The number of nitrogens with one attached hydrogen (secondary N) is 1. The van der Waals surface area contributed by atoms with E-state index in [0.717, 1.165) is 25.1 Å². The number of para-hydroxylation sites is 1. The van der Waals surface area contributed by atoms with Gasteiger partial charge in [-0.15, -0.1) is 0 Å². The summed E-state index contributed by atoms with van der Waals surface area (Å²) < 4.78 is 10.4. The number of ether oxygens (including phenoxy) is 2. The number of hydrogen-bond donors (Lipinski definition) is 1. The number of methoxy groups -OCH3 is 1. The number of carbonyl (C=O) groups is 1. The van der Waals surface area contributed by atoms with Crippen LogP contribution in [0.25, 0.3) is 0 Å². The van der Waals surface area contributed by atoms with Crippen molar-refractivity contribution in [2.75, 3.05) is 19.0 Å². The molecule has 0 aliphatic carbocycles. The molecule has 0 saturated carbocycles. The van der Waals surface area contributed by atoms with E-state index in [0.29, 0.717) is 5.75 Å². The Hall–Kier alpha value is -2.63. The van der Waals surface area contributed by atoms with Crippen LogP contribution in [0, 0.1) is 0 Å². The summed E-state index contributed by atoms with van der Waals surface area (Å²) in [5, 5.41) is 3.34. The first-order valence-corrected chi connectivity index (χ1v) is 6.72. The predicted molar refractivity (Wildman–Crippen MR) is 76.7 cm³/mol. The Labute approximate surface area is 122 Å². The van der Waals surface area contributed by atoms with E-state index in [1.165, 1.54) is 25.1 Å². The number of nitrogens with zero attached hydrogens (tertiary/aromatic N) is 2. The van der Waals surface area contributed by atoms with E-state index in [1.807, 2.05) is 12.1 Å². The number of benzene rings is 1. The normalized spacial score (nSPS) is 13.0. The van der Waals surface area contributed by atoms with E-state index in [9.17, 15) is 4.79 Å². The van der Waals surface area contributed by atoms with Crippen LogP contribution in [0.5, 0.6) is 11.6 Å². The van der Waals surface area contributed by atoms with Crippen LogP contribution in [0.1, 0.15) is 22.5 Å². The van der Waals surface area contributed by atoms with Crippen molar-refractivity contribution in [2.45, 2.75) is 12.8 Å². The van der Waals surface area contributed by atoms with Crippen LogP contribution >= 0.6 is 0 Å². The monoisotopic (exact) mass is 285 g/mol. The molecule has 6 nitrogen and oxygen atoms in total.